The van der Waals surface area contributed by atoms with Gasteiger partial charge in [-0.05, 0) is 36.8 Å². The summed E-state index contributed by atoms with van der Waals surface area (Å²) in [6.07, 6.45) is 0. The minimum absolute atomic E-state index is 0.0464. The Bertz CT molecular complexity index is 862. The van der Waals surface area contributed by atoms with Gasteiger partial charge in [-0.25, -0.2) is 9.78 Å². The summed E-state index contributed by atoms with van der Waals surface area (Å²) in [7, 11) is 0. The van der Waals surface area contributed by atoms with Crippen molar-refractivity contribution in [3.63, 3.8) is 0 Å². The molecule has 25 heavy (non-hydrogen) atoms. The molecule has 6 heteroatoms. The summed E-state index contributed by atoms with van der Waals surface area (Å²) in [5.41, 5.74) is 3.98. The van der Waals surface area contributed by atoms with Gasteiger partial charge in [-0.1, -0.05) is 24.3 Å². The first-order valence-corrected chi connectivity index (χ1v) is 8.51. The zero-order valence-corrected chi connectivity index (χ0v) is 14.2. The third-order valence-electron chi connectivity index (χ3n) is 4.51. The van der Waals surface area contributed by atoms with Crippen LogP contribution in [0.5, 0.6) is 0 Å². The van der Waals surface area contributed by atoms with Crippen molar-refractivity contribution in [1.29, 1.82) is 0 Å². The number of aryl methyl sites for hydroxylation is 1. The molecule has 2 amide bonds. The molecule has 2 aromatic carbocycles. The van der Waals surface area contributed by atoms with E-state index in [1.165, 1.54) is 0 Å². The Hall–Kier alpha value is -3.02. The fraction of sp³-hybridized carbons (Fsp3) is 0.263. The highest BCUT2D eigenvalue weighted by Gasteiger charge is 2.23. The zero-order valence-electron chi connectivity index (χ0n) is 14.2. The molecule has 3 aromatic rings. The average Bonchev–Trinajstić information content (AvgIpc) is 3.06. The number of aromatic amines is 1. The Morgan fingerprint density at radius 3 is 2.64 bits per heavy atom. The maximum atomic E-state index is 12.4. The third kappa shape index (κ3) is 3.28. The number of fused-ring (bicyclic) bond motifs is 1. The number of carbonyl (C=O) groups is 1. The molecule has 1 fully saturated rings. The third-order valence-corrected chi connectivity index (χ3v) is 4.51. The van der Waals surface area contributed by atoms with Crippen LogP contribution in [-0.4, -0.2) is 47.1 Å². The van der Waals surface area contributed by atoms with Gasteiger partial charge in [0.05, 0.1) is 11.0 Å². The van der Waals surface area contributed by atoms with Gasteiger partial charge < -0.3 is 20.1 Å². The Balaban J connectivity index is 1.38. The van der Waals surface area contributed by atoms with E-state index < -0.39 is 0 Å². The second-order valence-corrected chi connectivity index (χ2v) is 6.35. The molecule has 0 saturated carbocycles. The Morgan fingerprint density at radius 1 is 1.08 bits per heavy atom. The van der Waals surface area contributed by atoms with Crippen molar-refractivity contribution in [2.75, 3.05) is 36.4 Å². The number of imidazole rings is 1. The molecule has 0 bridgehead atoms. The van der Waals surface area contributed by atoms with E-state index in [2.05, 4.69) is 20.2 Å². The maximum Gasteiger partial charge on any atom is 0.321 e. The van der Waals surface area contributed by atoms with Crippen LogP contribution in [-0.2, 0) is 0 Å². The molecule has 0 spiro atoms. The minimum atomic E-state index is -0.0464. The van der Waals surface area contributed by atoms with Crippen molar-refractivity contribution in [1.82, 2.24) is 14.9 Å². The van der Waals surface area contributed by atoms with Crippen LogP contribution in [0, 0.1) is 6.92 Å². The van der Waals surface area contributed by atoms with Crippen molar-refractivity contribution in [2.45, 2.75) is 6.92 Å². The van der Waals surface area contributed by atoms with Gasteiger partial charge in [0.1, 0.15) is 0 Å². The molecule has 2 heterocycles. The van der Waals surface area contributed by atoms with Gasteiger partial charge in [0.25, 0.3) is 0 Å². The fourth-order valence-electron chi connectivity index (χ4n) is 3.14. The van der Waals surface area contributed by atoms with Gasteiger partial charge in [0.15, 0.2) is 0 Å². The van der Waals surface area contributed by atoms with Crippen LogP contribution in [0.1, 0.15) is 5.56 Å². The lowest BCUT2D eigenvalue weighted by Crippen LogP contribution is -2.50. The number of H-pyrrole nitrogens is 1. The first-order valence-electron chi connectivity index (χ1n) is 8.51. The van der Waals surface area contributed by atoms with E-state index >= 15 is 0 Å². The molecule has 0 radical (unpaired) electrons. The summed E-state index contributed by atoms with van der Waals surface area (Å²) < 4.78 is 0. The first-order chi connectivity index (χ1) is 12.2. The lowest BCUT2D eigenvalue weighted by molar-refractivity contribution is 0.208. The number of hydrogen-bond donors (Lipinski definition) is 2. The summed E-state index contributed by atoms with van der Waals surface area (Å²) >= 11 is 0. The predicted octanol–water partition coefficient (Wildman–Crippen LogP) is 3.23. The van der Waals surface area contributed by atoms with Gasteiger partial charge in [-0.2, -0.15) is 0 Å². The monoisotopic (exact) mass is 335 g/mol. The lowest BCUT2D eigenvalue weighted by atomic mass is 10.2. The van der Waals surface area contributed by atoms with E-state index in [1.807, 2.05) is 60.4 Å². The molecule has 4 rings (SSSR count). The number of anilines is 2. The van der Waals surface area contributed by atoms with Crippen LogP contribution < -0.4 is 10.2 Å². The molecule has 1 aliphatic rings. The van der Waals surface area contributed by atoms with E-state index in [9.17, 15) is 4.79 Å². The number of nitrogens with one attached hydrogen (secondary N) is 2. The molecule has 0 unspecified atom stereocenters. The van der Waals surface area contributed by atoms with Crippen LogP contribution in [0.2, 0.25) is 0 Å². The highest BCUT2D eigenvalue weighted by Crippen LogP contribution is 2.19. The summed E-state index contributed by atoms with van der Waals surface area (Å²) in [4.78, 5) is 24.5. The Labute approximate surface area is 146 Å². The van der Waals surface area contributed by atoms with Crippen molar-refractivity contribution < 1.29 is 4.79 Å². The Morgan fingerprint density at radius 2 is 1.88 bits per heavy atom. The number of piperazine rings is 1. The SMILES string of the molecule is Cc1cccc(NC(=O)N2CCN(c3nc4ccccc4[nH]3)CC2)c1. The first kappa shape index (κ1) is 15.5. The van der Waals surface area contributed by atoms with Crippen molar-refractivity contribution >= 4 is 28.7 Å². The van der Waals surface area contributed by atoms with Gasteiger partial charge in [-0.3, -0.25) is 0 Å². The van der Waals surface area contributed by atoms with Crippen molar-refractivity contribution in [3.8, 4) is 0 Å². The maximum absolute atomic E-state index is 12.4. The van der Waals surface area contributed by atoms with Crippen molar-refractivity contribution in [3.05, 3.63) is 54.1 Å². The molecule has 1 aliphatic heterocycles. The number of carbonyl (C=O) groups excluding carboxylic acids is 1. The molecule has 1 saturated heterocycles. The van der Waals surface area contributed by atoms with Crippen LogP contribution in [0.25, 0.3) is 11.0 Å². The quantitative estimate of drug-likeness (QED) is 0.756. The molecular weight excluding hydrogens is 314 g/mol. The number of para-hydroxylation sites is 2. The van der Waals surface area contributed by atoms with E-state index in [1.54, 1.807) is 0 Å². The molecule has 6 nitrogen and oxygen atoms in total. The minimum Gasteiger partial charge on any atom is -0.339 e. The molecular formula is C19H21N5O. The average molecular weight is 335 g/mol. The highest BCUT2D eigenvalue weighted by molar-refractivity contribution is 5.89. The molecule has 2 N–H and O–H groups in total. The van der Waals surface area contributed by atoms with E-state index in [0.717, 1.165) is 41.3 Å². The molecule has 1 aromatic heterocycles. The summed E-state index contributed by atoms with van der Waals surface area (Å²) in [5.74, 6) is 0.875. The van der Waals surface area contributed by atoms with Crippen LogP contribution in [0.15, 0.2) is 48.5 Å². The number of nitrogens with zero attached hydrogens (tertiary/aromatic N) is 3. The smallest absolute Gasteiger partial charge is 0.321 e. The zero-order chi connectivity index (χ0) is 17.2. The number of rotatable bonds is 2. The van der Waals surface area contributed by atoms with Gasteiger partial charge in [0, 0.05) is 31.9 Å². The lowest BCUT2D eigenvalue weighted by Gasteiger charge is -2.34. The van der Waals surface area contributed by atoms with Gasteiger partial charge in [-0.15, -0.1) is 0 Å². The van der Waals surface area contributed by atoms with E-state index in [0.29, 0.717) is 13.1 Å². The van der Waals surface area contributed by atoms with Gasteiger partial charge in [0.2, 0.25) is 5.95 Å². The topological polar surface area (TPSA) is 64.3 Å². The number of benzene rings is 2. The second-order valence-electron chi connectivity index (χ2n) is 6.35. The number of aromatic nitrogens is 2. The standard InChI is InChI=1S/C19H21N5O/c1-14-5-4-6-15(13-14)20-19(25)24-11-9-23(10-12-24)18-21-16-7-2-3-8-17(16)22-18/h2-8,13H,9-12H2,1H3,(H,20,25)(H,21,22). The number of amides is 2. The normalized spacial score (nSPS) is 14.8. The van der Waals surface area contributed by atoms with Crippen LogP contribution in [0.4, 0.5) is 16.4 Å². The fourth-order valence-corrected chi connectivity index (χ4v) is 3.14. The summed E-state index contributed by atoms with van der Waals surface area (Å²) in [6.45, 7) is 4.90. The molecule has 0 atom stereocenters. The number of urea groups is 1. The van der Waals surface area contributed by atoms with Crippen molar-refractivity contribution in [2.24, 2.45) is 0 Å². The van der Waals surface area contributed by atoms with E-state index in [4.69, 9.17) is 0 Å². The van der Waals surface area contributed by atoms with E-state index in [-0.39, 0.29) is 6.03 Å². The largest absolute Gasteiger partial charge is 0.339 e. The van der Waals surface area contributed by atoms with Crippen LogP contribution >= 0.6 is 0 Å². The highest BCUT2D eigenvalue weighted by atomic mass is 16.2. The van der Waals surface area contributed by atoms with Crippen LogP contribution in [0.3, 0.4) is 0 Å². The summed E-state index contributed by atoms with van der Waals surface area (Å²) in [5, 5.41) is 2.97. The molecule has 128 valence electrons. The van der Waals surface area contributed by atoms with Gasteiger partial charge >= 0.3 is 6.03 Å². The Kier molecular flexibility index (Phi) is 4.01. The molecule has 0 aliphatic carbocycles. The number of hydrogen-bond acceptors (Lipinski definition) is 3. The second kappa shape index (κ2) is 6.47. The predicted molar refractivity (Wildman–Crippen MR) is 100 cm³/mol. The summed E-state index contributed by atoms with van der Waals surface area (Å²) in [6, 6.07) is 15.8.